The Morgan fingerprint density at radius 1 is 1.03 bits per heavy atom. The number of hydrazone groups is 1. The molecule has 0 heterocycles. The average molecular weight is 485 g/mol. The van der Waals surface area contributed by atoms with Crippen LogP contribution in [-0.4, -0.2) is 37.9 Å². The zero-order valence-corrected chi connectivity index (χ0v) is 19.0. The number of nitrogens with one attached hydrogen (secondary N) is 2. The first-order valence-corrected chi connectivity index (χ1v) is 10.2. The van der Waals surface area contributed by atoms with Crippen LogP contribution in [0.5, 0.6) is 17.2 Å². The summed E-state index contributed by atoms with van der Waals surface area (Å²) in [6.45, 7) is -0.253. The highest BCUT2D eigenvalue weighted by Gasteiger charge is 2.11. The van der Waals surface area contributed by atoms with E-state index in [1.807, 2.05) is 0 Å². The molecule has 3 aromatic carbocycles. The van der Waals surface area contributed by atoms with Crippen molar-refractivity contribution in [2.75, 3.05) is 31.6 Å². The number of halogens is 1. The fourth-order valence-corrected chi connectivity index (χ4v) is 2.98. The number of nitro benzene ring substituents is 1. The van der Waals surface area contributed by atoms with Gasteiger partial charge in [-0.05, 0) is 48.0 Å². The fraction of sp³-hybridized carbons (Fsp3) is 0.130. The Balaban J connectivity index is 1.58. The van der Waals surface area contributed by atoms with Gasteiger partial charge in [0.2, 0.25) is 0 Å². The van der Waals surface area contributed by atoms with Crippen molar-refractivity contribution in [2.24, 2.45) is 5.10 Å². The van der Waals surface area contributed by atoms with E-state index in [4.69, 9.17) is 25.8 Å². The van der Waals surface area contributed by atoms with Crippen molar-refractivity contribution in [1.82, 2.24) is 0 Å². The number of rotatable bonds is 10. The Morgan fingerprint density at radius 3 is 2.44 bits per heavy atom. The molecule has 0 radical (unpaired) electrons. The minimum atomic E-state index is -0.471. The summed E-state index contributed by atoms with van der Waals surface area (Å²) in [5.74, 6) is 0.836. The summed E-state index contributed by atoms with van der Waals surface area (Å²) in [6.07, 6.45) is 1.55. The number of methoxy groups -OCH3 is 2. The molecule has 0 aromatic heterocycles. The van der Waals surface area contributed by atoms with Crippen LogP contribution in [0.25, 0.3) is 0 Å². The van der Waals surface area contributed by atoms with Gasteiger partial charge in [-0.25, -0.2) is 0 Å². The van der Waals surface area contributed by atoms with Gasteiger partial charge in [0, 0.05) is 23.2 Å². The van der Waals surface area contributed by atoms with Crippen LogP contribution < -0.4 is 25.0 Å². The standard InChI is InChI=1S/C23H21ClN4O6/c1-32-21-12-16(24)4-9-19(21)26-23(29)14-34-20-10-3-15(11-22(20)33-2)13-25-27-17-5-7-18(8-6-17)28(30)31/h3-13,27H,14H2,1-2H3,(H,26,29)/b25-13+. The highest BCUT2D eigenvalue weighted by Crippen LogP contribution is 2.29. The molecule has 0 saturated carbocycles. The molecule has 0 aliphatic heterocycles. The molecule has 0 saturated heterocycles. The summed E-state index contributed by atoms with van der Waals surface area (Å²) in [5.41, 5.74) is 4.56. The van der Waals surface area contributed by atoms with Crippen LogP contribution in [0.4, 0.5) is 17.1 Å². The van der Waals surface area contributed by atoms with Crippen molar-refractivity contribution < 1.29 is 23.9 Å². The zero-order chi connectivity index (χ0) is 24.5. The van der Waals surface area contributed by atoms with Crippen LogP contribution in [-0.2, 0) is 4.79 Å². The molecular formula is C23H21ClN4O6. The van der Waals surface area contributed by atoms with Crippen LogP contribution in [0.15, 0.2) is 65.8 Å². The highest BCUT2D eigenvalue weighted by molar-refractivity contribution is 6.30. The second-order valence-electron chi connectivity index (χ2n) is 6.77. The number of non-ortho nitro benzene ring substituents is 1. The first kappa shape index (κ1) is 24.3. The molecule has 2 N–H and O–H groups in total. The molecule has 34 heavy (non-hydrogen) atoms. The monoisotopic (exact) mass is 484 g/mol. The minimum Gasteiger partial charge on any atom is -0.495 e. The molecule has 0 atom stereocenters. The lowest BCUT2D eigenvalue weighted by Crippen LogP contribution is -2.20. The smallest absolute Gasteiger partial charge is 0.269 e. The van der Waals surface area contributed by atoms with Crippen molar-refractivity contribution in [2.45, 2.75) is 0 Å². The van der Waals surface area contributed by atoms with Gasteiger partial charge in [-0.3, -0.25) is 20.3 Å². The lowest BCUT2D eigenvalue weighted by atomic mass is 10.2. The number of hydrogen-bond acceptors (Lipinski definition) is 8. The summed E-state index contributed by atoms with van der Waals surface area (Å²) in [4.78, 5) is 22.5. The molecule has 1 amide bonds. The van der Waals surface area contributed by atoms with Crippen LogP contribution in [0.2, 0.25) is 5.02 Å². The number of nitro groups is 1. The van der Waals surface area contributed by atoms with Gasteiger partial charge >= 0.3 is 0 Å². The number of carbonyl (C=O) groups excluding carboxylic acids is 1. The van der Waals surface area contributed by atoms with E-state index in [2.05, 4.69) is 15.8 Å². The van der Waals surface area contributed by atoms with E-state index in [-0.39, 0.29) is 18.2 Å². The first-order valence-electron chi connectivity index (χ1n) is 9.87. The van der Waals surface area contributed by atoms with E-state index in [9.17, 15) is 14.9 Å². The number of amides is 1. The van der Waals surface area contributed by atoms with Gasteiger partial charge in [0.1, 0.15) is 5.75 Å². The maximum Gasteiger partial charge on any atom is 0.269 e. The van der Waals surface area contributed by atoms with Gasteiger partial charge in [0.25, 0.3) is 11.6 Å². The van der Waals surface area contributed by atoms with Gasteiger partial charge in [-0.1, -0.05) is 11.6 Å². The Bertz CT molecular complexity index is 1200. The van der Waals surface area contributed by atoms with Crippen LogP contribution >= 0.6 is 11.6 Å². The SMILES string of the molecule is COc1cc(Cl)ccc1NC(=O)COc1ccc(/C=N/Nc2ccc([N+](=O)[O-])cc2)cc1OC. The summed E-state index contributed by atoms with van der Waals surface area (Å²) in [5, 5.41) is 18.0. The summed E-state index contributed by atoms with van der Waals surface area (Å²) in [6, 6.07) is 15.8. The molecule has 176 valence electrons. The lowest BCUT2D eigenvalue weighted by Gasteiger charge is -2.13. The van der Waals surface area contributed by atoms with E-state index >= 15 is 0 Å². The summed E-state index contributed by atoms with van der Waals surface area (Å²) >= 11 is 5.93. The molecule has 0 spiro atoms. The van der Waals surface area contributed by atoms with E-state index in [1.165, 1.54) is 26.4 Å². The molecule has 0 unspecified atom stereocenters. The van der Waals surface area contributed by atoms with Crippen molar-refractivity contribution in [3.63, 3.8) is 0 Å². The number of nitrogens with zero attached hydrogens (tertiary/aromatic N) is 2. The summed E-state index contributed by atoms with van der Waals surface area (Å²) in [7, 11) is 2.96. The number of benzene rings is 3. The Morgan fingerprint density at radius 2 is 1.76 bits per heavy atom. The fourth-order valence-electron chi connectivity index (χ4n) is 2.82. The maximum absolute atomic E-state index is 12.3. The third-order valence-corrected chi connectivity index (χ3v) is 4.70. The van der Waals surface area contributed by atoms with Gasteiger partial charge in [-0.15, -0.1) is 0 Å². The normalized spacial score (nSPS) is 10.6. The molecule has 10 nitrogen and oxygen atoms in total. The third-order valence-electron chi connectivity index (χ3n) is 4.47. The molecular weight excluding hydrogens is 464 g/mol. The largest absolute Gasteiger partial charge is 0.495 e. The molecule has 0 aliphatic rings. The molecule has 0 fully saturated rings. The maximum atomic E-state index is 12.3. The van der Waals surface area contributed by atoms with E-state index < -0.39 is 4.92 Å². The molecule has 0 bridgehead atoms. The van der Waals surface area contributed by atoms with Crippen LogP contribution in [0.3, 0.4) is 0 Å². The summed E-state index contributed by atoms with van der Waals surface area (Å²) < 4.78 is 16.2. The van der Waals surface area contributed by atoms with E-state index in [0.29, 0.717) is 39.2 Å². The topological polar surface area (TPSA) is 124 Å². The van der Waals surface area contributed by atoms with Gasteiger partial charge in [0.15, 0.2) is 18.1 Å². The molecule has 3 rings (SSSR count). The number of anilines is 2. The van der Waals surface area contributed by atoms with E-state index in [1.54, 1.807) is 54.7 Å². The van der Waals surface area contributed by atoms with Crippen molar-refractivity contribution in [3.8, 4) is 17.2 Å². The zero-order valence-electron chi connectivity index (χ0n) is 18.3. The van der Waals surface area contributed by atoms with Crippen LogP contribution in [0, 0.1) is 10.1 Å². The van der Waals surface area contributed by atoms with Crippen molar-refractivity contribution in [1.29, 1.82) is 0 Å². The number of ether oxygens (including phenoxy) is 3. The number of carbonyl (C=O) groups is 1. The quantitative estimate of drug-likeness (QED) is 0.242. The highest BCUT2D eigenvalue weighted by atomic mass is 35.5. The number of hydrogen-bond donors (Lipinski definition) is 2. The second-order valence-corrected chi connectivity index (χ2v) is 7.20. The second kappa shape index (κ2) is 11.5. The predicted molar refractivity (Wildman–Crippen MR) is 129 cm³/mol. The predicted octanol–water partition coefficient (Wildman–Crippen LogP) is 4.73. The third kappa shape index (κ3) is 6.59. The van der Waals surface area contributed by atoms with Gasteiger partial charge in [-0.2, -0.15) is 5.10 Å². The lowest BCUT2D eigenvalue weighted by molar-refractivity contribution is -0.384. The first-order chi connectivity index (χ1) is 16.4. The van der Waals surface area contributed by atoms with Crippen LogP contribution in [0.1, 0.15) is 5.56 Å². The van der Waals surface area contributed by atoms with Gasteiger partial charge in [0.05, 0.1) is 36.7 Å². The van der Waals surface area contributed by atoms with Crippen molar-refractivity contribution >= 4 is 40.8 Å². The average Bonchev–Trinajstić information content (AvgIpc) is 2.84. The van der Waals surface area contributed by atoms with E-state index in [0.717, 1.165) is 0 Å². The molecule has 3 aromatic rings. The van der Waals surface area contributed by atoms with Crippen molar-refractivity contribution in [3.05, 3.63) is 81.4 Å². The molecule has 0 aliphatic carbocycles. The minimum absolute atomic E-state index is 0.00385. The Labute approximate surface area is 200 Å². The Kier molecular flexibility index (Phi) is 8.25. The molecule has 11 heteroatoms. The van der Waals surface area contributed by atoms with Gasteiger partial charge < -0.3 is 19.5 Å². The Hall–Kier alpha value is -4.31.